The maximum atomic E-state index is 12.5. The van der Waals surface area contributed by atoms with E-state index in [1.165, 1.54) is 20.1 Å². The van der Waals surface area contributed by atoms with Crippen molar-refractivity contribution in [3.63, 3.8) is 0 Å². The molecular weight excluding hydrogens is 372 g/mol. The standard InChI is InChI=1S/C19H19ClN2O5/c1-11(23)21-15-6-4-3-5-13(15)18(24)22-16(19(25)26)10-12-7-8-17(27-2)14(20)9-12/h3-9,16H,10H2,1-2H3,(H,21,23)(H,22,24)(H,25,26)/t16-/m0/s1. The Kier molecular flexibility index (Phi) is 6.79. The maximum absolute atomic E-state index is 12.5. The van der Waals surface area contributed by atoms with Gasteiger partial charge in [0.25, 0.3) is 5.91 Å². The minimum Gasteiger partial charge on any atom is -0.495 e. The fourth-order valence-corrected chi connectivity index (χ4v) is 2.77. The van der Waals surface area contributed by atoms with Crippen LogP contribution < -0.4 is 15.4 Å². The normalized spacial score (nSPS) is 11.4. The summed E-state index contributed by atoms with van der Waals surface area (Å²) < 4.78 is 5.07. The maximum Gasteiger partial charge on any atom is 0.326 e. The third kappa shape index (κ3) is 5.46. The Morgan fingerprint density at radius 1 is 1.19 bits per heavy atom. The largest absolute Gasteiger partial charge is 0.495 e. The Morgan fingerprint density at radius 2 is 1.89 bits per heavy atom. The van der Waals surface area contributed by atoms with Crippen molar-refractivity contribution in [2.45, 2.75) is 19.4 Å². The predicted octanol–water partition coefficient (Wildman–Crippen LogP) is 2.73. The van der Waals surface area contributed by atoms with Gasteiger partial charge >= 0.3 is 5.97 Å². The zero-order valence-electron chi connectivity index (χ0n) is 14.8. The Hall–Kier alpha value is -3.06. The van der Waals surface area contributed by atoms with Crippen LogP contribution in [0.2, 0.25) is 5.02 Å². The molecule has 0 aromatic heterocycles. The van der Waals surface area contributed by atoms with E-state index >= 15 is 0 Å². The van der Waals surface area contributed by atoms with Crippen LogP contribution in [-0.4, -0.2) is 36.0 Å². The first-order valence-electron chi connectivity index (χ1n) is 8.04. The molecule has 0 aliphatic rings. The number of halogens is 1. The summed E-state index contributed by atoms with van der Waals surface area (Å²) in [5.74, 6) is -1.66. The second-order valence-electron chi connectivity index (χ2n) is 5.76. The summed E-state index contributed by atoms with van der Waals surface area (Å²) >= 11 is 6.06. The third-order valence-electron chi connectivity index (χ3n) is 3.74. The summed E-state index contributed by atoms with van der Waals surface area (Å²) in [7, 11) is 1.48. The Bertz CT molecular complexity index is 869. The predicted molar refractivity (Wildman–Crippen MR) is 101 cm³/mol. The lowest BCUT2D eigenvalue weighted by Crippen LogP contribution is -2.42. The van der Waals surface area contributed by atoms with Crippen LogP contribution in [0.3, 0.4) is 0 Å². The van der Waals surface area contributed by atoms with Gasteiger partial charge in [-0.3, -0.25) is 9.59 Å². The number of carbonyl (C=O) groups is 3. The zero-order chi connectivity index (χ0) is 20.0. The van der Waals surface area contributed by atoms with E-state index in [4.69, 9.17) is 16.3 Å². The molecule has 0 heterocycles. The second kappa shape index (κ2) is 9.05. The van der Waals surface area contributed by atoms with Crippen LogP contribution in [0.4, 0.5) is 5.69 Å². The fourth-order valence-electron chi connectivity index (χ4n) is 2.49. The van der Waals surface area contributed by atoms with Crippen LogP contribution in [0.5, 0.6) is 5.75 Å². The number of carboxylic acid groups (broad SMARTS) is 1. The molecule has 0 aliphatic carbocycles. The van der Waals surface area contributed by atoms with E-state index in [2.05, 4.69) is 10.6 Å². The van der Waals surface area contributed by atoms with Crippen molar-refractivity contribution in [3.05, 3.63) is 58.6 Å². The SMILES string of the molecule is COc1ccc(C[C@H](NC(=O)c2ccccc2NC(C)=O)C(=O)O)cc1Cl. The van der Waals surface area contributed by atoms with Crippen LogP contribution >= 0.6 is 11.6 Å². The summed E-state index contributed by atoms with van der Waals surface area (Å²) in [5.41, 5.74) is 1.11. The Balaban J connectivity index is 2.19. The van der Waals surface area contributed by atoms with Crippen molar-refractivity contribution in [3.8, 4) is 5.75 Å². The molecule has 0 spiro atoms. The quantitative estimate of drug-likeness (QED) is 0.674. The smallest absolute Gasteiger partial charge is 0.326 e. The third-order valence-corrected chi connectivity index (χ3v) is 4.04. The number of carboxylic acids is 1. The van der Waals surface area contributed by atoms with Crippen LogP contribution in [0.1, 0.15) is 22.8 Å². The number of para-hydroxylation sites is 1. The average molecular weight is 391 g/mol. The Morgan fingerprint density at radius 3 is 2.48 bits per heavy atom. The number of hydrogen-bond donors (Lipinski definition) is 3. The van der Waals surface area contributed by atoms with E-state index < -0.39 is 17.9 Å². The van der Waals surface area contributed by atoms with Gasteiger partial charge < -0.3 is 20.5 Å². The summed E-state index contributed by atoms with van der Waals surface area (Å²) in [6.45, 7) is 1.32. The zero-order valence-corrected chi connectivity index (χ0v) is 15.5. The molecule has 0 radical (unpaired) electrons. The molecule has 0 unspecified atom stereocenters. The number of nitrogens with one attached hydrogen (secondary N) is 2. The number of methoxy groups -OCH3 is 1. The Labute approximate surface area is 161 Å². The van der Waals surface area contributed by atoms with E-state index in [0.29, 0.717) is 22.0 Å². The molecule has 2 aromatic carbocycles. The number of benzene rings is 2. The molecule has 8 heteroatoms. The monoisotopic (exact) mass is 390 g/mol. The van der Waals surface area contributed by atoms with Gasteiger partial charge in [0, 0.05) is 13.3 Å². The number of carbonyl (C=O) groups excluding carboxylic acids is 2. The lowest BCUT2D eigenvalue weighted by atomic mass is 10.0. The molecule has 0 bridgehead atoms. The van der Waals surface area contributed by atoms with Gasteiger partial charge in [-0.25, -0.2) is 4.79 Å². The van der Waals surface area contributed by atoms with Crippen molar-refractivity contribution in [2.24, 2.45) is 0 Å². The van der Waals surface area contributed by atoms with Crippen LogP contribution in [0, 0.1) is 0 Å². The van der Waals surface area contributed by atoms with Gasteiger partial charge in [0.05, 0.1) is 23.4 Å². The highest BCUT2D eigenvalue weighted by Crippen LogP contribution is 2.25. The van der Waals surface area contributed by atoms with Gasteiger partial charge in [0.1, 0.15) is 11.8 Å². The van der Waals surface area contributed by atoms with Gasteiger partial charge in [-0.05, 0) is 29.8 Å². The highest BCUT2D eigenvalue weighted by atomic mass is 35.5. The first kappa shape index (κ1) is 20.3. The van der Waals surface area contributed by atoms with Gasteiger partial charge in [0.2, 0.25) is 5.91 Å². The molecule has 27 heavy (non-hydrogen) atoms. The molecular formula is C19H19ClN2O5. The number of aliphatic carboxylic acids is 1. The summed E-state index contributed by atoms with van der Waals surface area (Å²) in [4.78, 5) is 35.4. The molecule has 0 fully saturated rings. The van der Waals surface area contributed by atoms with Crippen LogP contribution in [0.25, 0.3) is 0 Å². The molecule has 7 nitrogen and oxygen atoms in total. The highest BCUT2D eigenvalue weighted by molar-refractivity contribution is 6.32. The molecule has 0 aliphatic heterocycles. The molecule has 142 valence electrons. The first-order chi connectivity index (χ1) is 12.8. The van der Waals surface area contributed by atoms with Crippen molar-refractivity contribution in [2.75, 3.05) is 12.4 Å². The lowest BCUT2D eigenvalue weighted by molar-refractivity contribution is -0.139. The number of ether oxygens (including phenoxy) is 1. The molecule has 0 saturated heterocycles. The summed E-state index contributed by atoms with van der Waals surface area (Å²) in [5, 5.41) is 14.8. The van der Waals surface area contributed by atoms with Crippen molar-refractivity contribution in [1.29, 1.82) is 0 Å². The van der Waals surface area contributed by atoms with E-state index in [9.17, 15) is 19.5 Å². The van der Waals surface area contributed by atoms with Crippen LogP contribution in [0.15, 0.2) is 42.5 Å². The summed E-state index contributed by atoms with van der Waals surface area (Å²) in [6, 6.07) is 10.1. The molecule has 2 amide bonds. The molecule has 3 N–H and O–H groups in total. The topological polar surface area (TPSA) is 105 Å². The fraction of sp³-hybridized carbons (Fsp3) is 0.211. The average Bonchev–Trinajstić information content (AvgIpc) is 2.61. The van der Waals surface area contributed by atoms with E-state index in [0.717, 1.165) is 0 Å². The number of anilines is 1. The van der Waals surface area contributed by atoms with Gasteiger partial charge in [-0.2, -0.15) is 0 Å². The van der Waals surface area contributed by atoms with Crippen molar-refractivity contribution < 1.29 is 24.2 Å². The van der Waals surface area contributed by atoms with Crippen molar-refractivity contribution in [1.82, 2.24) is 5.32 Å². The minimum atomic E-state index is -1.19. The van der Waals surface area contributed by atoms with Gasteiger partial charge in [0.15, 0.2) is 0 Å². The molecule has 1 atom stereocenters. The number of hydrogen-bond acceptors (Lipinski definition) is 4. The van der Waals surface area contributed by atoms with Crippen molar-refractivity contribution >= 4 is 35.1 Å². The second-order valence-corrected chi connectivity index (χ2v) is 6.17. The number of amides is 2. The van der Waals surface area contributed by atoms with Gasteiger partial charge in [-0.15, -0.1) is 0 Å². The lowest BCUT2D eigenvalue weighted by Gasteiger charge is -2.17. The minimum absolute atomic E-state index is 0.0348. The van der Waals surface area contributed by atoms with Crippen LogP contribution in [-0.2, 0) is 16.0 Å². The first-order valence-corrected chi connectivity index (χ1v) is 8.42. The molecule has 2 aromatic rings. The molecule has 0 saturated carbocycles. The van der Waals surface area contributed by atoms with E-state index in [-0.39, 0.29) is 17.9 Å². The van der Waals surface area contributed by atoms with E-state index in [1.807, 2.05) is 0 Å². The number of rotatable bonds is 7. The highest BCUT2D eigenvalue weighted by Gasteiger charge is 2.23. The van der Waals surface area contributed by atoms with E-state index in [1.54, 1.807) is 36.4 Å². The van der Waals surface area contributed by atoms with Gasteiger partial charge in [-0.1, -0.05) is 29.8 Å². The summed E-state index contributed by atoms with van der Waals surface area (Å²) in [6.07, 6.45) is 0.0348. The molecule has 2 rings (SSSR count).